The summed E-state index contributed by atoms with van der Waals surface area (Å²) in [6.07, 6.45) is 0. The molecule has 1 amide bonds. The minimum Gasteiger partial charge on any atom is -0.347 e. The van der Waals surface area contributed by atoms with Gasteiger partial charge in [0.15, 0.2) is 5.16 Å². The summed E-state index contributed by atoms with van der Waals surface area (Å²) in [4.78, 5) is 20.6. The van der Waals surface area contributed by atoms with E-state index < -0.39 is 0 Å². The minimum atomic E-state index is -0.318. The second kappa shape index (κ2) is 7.17. The van der Waals surface area contributed by atoms with Gasteiger partial charge in [-0.1, -0.05) is 30.8 Å². The van der Waals surface area contributed by atoms with Gasteiger partial charge < -0.3 is 5.32 Å². The van der Waals surface area contributed by atoms with Gasteiger partial charge in [-0.15, -0.1) is 0 Å². The molecule has 1 aromatic carbocycles. The SMILES string of the molecule is CCSc1nc(C)cc(C(=O)NCc2cccc(F)c2)n1. The summed E-state index contributed by atoms with van der Waals surface area (Å²) in [5.74, 6) is 0.234. The van der Waals surface area contributed by atoms with Gasteiger partial charge in [-0.25, -0.2) is 14.4 Å². The summed E-state index contributed by atoms with van der Waals surface area (Å²) in [5.41, 5.74) is 1.78. The number of rotatable bonds is 5. The number of hydrogen-bond donors (Lipinski definition) is 1. The lowest BCUT2D eigenvalue weighted by molar-refractivity contribution is 0.0944. The Morgan fingerprint density at radius 2 is 2.14 bits per heavy atom. The highest BCUT2D eigenvalue weighted by Crippen LogP contribution is 2.13. The highest BCUT2D eigenvalue weighted by Gasteiger charge is 2.10. The molecule has 0 aliphatic heterocycles. The molecule has 6 heteroatoms. The van der Waals surface area contributed by atoms with Crippen LogP contribution in [0, 0.1) is 12.7 Å². The van der Waals surface area contributed by atoms with E-state index in [4.69, 9.17) is 0 Å². The van der Waals surface area contributed by atoms with E-state index in [-0.39, 0.29) is 18.3 Å². The number of halogens is 1. The Labute approximate surface area is 127 Å². The molecule has 0 saturated heterocycles. The van der Waals surface area contributed by atoms with Crippen molar-refractivity contribution in [2.75, 3.05) is 5.75 Å². The topological polar surface area (TPSA) is 54.9 Å². The lowest BCUT2D eigenvalue weighted by atomic mass is 10.2. The van der Waals surface area contributed by atoms with Crippen LogP contribution in [0.15, 0.2) is 35.5 Å². The second-order valence-corrected chi connectivity index (χ2v) is 5.65. The zero-order valence-electron chi connectivity index (χ0n) is 11.9. The van der Waals surface area contributed by atoms with Crippen molar-refractivity contribution in [3.05, 3.63) is 53.1 Å². The fraction of sp³-hybridized carbons (Fsp3) is 0.267. The first-order valence-corrected chi connectivity index (χ1v) is 7.58. The van der Waals surface area contributed by atoms with E-state index in [9.17, 15) is 9.18 Å². The van der Waals surface area contributed by atoms with Crippen LogP contribution in [0.2, 0.25) is 0 Å². The molecule has 2 rings (SSSR count). The van der Waals surface area contributed by atoms with Gasteiger partial charge in [0.25, 0.3) is 5.91 Å². The van der Waals surface area contributed by atoms with E-state index in [1.165, 1.54) is 23.9 Å². The van der Waals surface area contributed by atoms with Crippen LogP contribution < -0.4 is 5.32 Å². The molecular formula is C15H16FN3OS. The molecule has 2 aromatic rings. The van der Waals surface area contributed by atoms with E-state index in [0.29, 0.717) is 16.4 Å². The molecule has 0 atom stereocenters. The average molecular weight is 305 g/mol. The Morgan fingerprint density at radius 1 is 1.33 bits per heavy atom. The van der Waals surface area contributed by atoms with Crippen molar-refractivity contribution in [3.8, 4) is 0 Å². The number of benzene rings is 1. The molecule has 0 bridgehead atoms. The number of nitrogens with zero attached hydrogens (tertiary/aromatic N) is 2. The number of aromatic nitrogens is 2. The molecule has 1 heterocycles. The molecule has 110 valence electrons. The summed E-state index contributed by atoms with van der Waals surface area (Å²) in [5, 5.41) is 3.32. The molecule has 1 N–H and O–H groups in total. The lowest BCUT2D eigenvalue weighted by Gasteiger charge is -2.07. The molecule has 4 nitrogen and oxygen atoms in total. The van der Waals surface area contributed by atoms with Crippen LogP contribution >= 0.6 is 11.8 Å². The standard InChI is InChI=1S/C15H16FN3OS/c1-3-21-15-18-10(2)7-13(19-15)14(20)17-9-11-5-4-6-12(16)8-11/h4-8H,3,9H2,1-2H3,(H,17,20). The highest BCUT2D eigenvalue weighted by atomic mass is 32.2. The van der Waals surface area contributed by atoms with Crippen molar-refractivity contribution in [2.45, 2.75) is 25.5 Å². The highest BCUT2D eigenvalue weighted by molar-refractivity contribution is 7.99. The van der Waals surface area contributed by atoms with Gasteiger partial charge in [-0.2, -0.15) is 0 Å². The maximum absolute atomic E-state index is 13.1. The molecule has 0 fully saturated rings. The van der Waals surface area contributed by atoms with Gasteiger partial charge in [-0.3, -0.25) is 4.79 Å². The van der Waals surface area contributed by atoms with Gasteiger partial charge in [0.1, 0.15) is 11.5 Å². The predicted octanol–water partition coefficient (Wildman–Crippen LogP) is 2.97. The van der Waals surface area contributed by atoms with Crippen LogP contribution in [0.1, 0.15) is 28.7 Å². The van der Waals surface area contributed by atoms with E-state index in [2.05, 4.69) is 15.3 Å². The van der Waals surface area contributed by atoms with Gasteiger partial charge >= 0.3 is 0 Å². The molecule has 0 unspecified atom stereocenters. The maximum Gasteiger partial charge on any atom is 0.270 e. The zero-order valence-corrected chi connectivity index (χ0v) is 12.7. The molecule has 21 heavy (non-hydrogen) atoms. The van der Waals surface area contributed by atoms with Crippen molar-refractivity contribution < 1.29 is 9.18 Å². The van der Waals surface area contributed by atoms with Crippen molar-refractivity contribution in [1.82, 2.24) is 15.3 Å². The number of hydrogen-bond acceptors (Lipinski definition) is 4. The number of aryl methyl sites for hydroxylation is 1. The van der Waals surface area contributed by atoms with E-state index in [1.54, 1.807) is 18.2 Å². The Bertz CT molecular complexity index is 649. The molecule has 0 saturated carbocycles. The number of thioether (sulfide) groups is 1. The number of carbonyl (C=O) groups excluding carboxylic acids is 1. The van der Waals surface area contributed by atoms with Crippen LogP contribution in [0.5, 0.6) is 0 Å². The molecular weight excluding hydrogens is 289 g/mol. The molecule has 0 spiro atoms. The van der Waals surface area contributed by atoms with Gasteiger partial charge in [0, 0.05) is 12.2 Å². The third-order valence-electron chi connectivity index (χ3n) is 2.68. The molecule has 1 aromatic heterocycles. The van der Waals surface area contributed by atoms with Gasteiger partial charge in [0.05, 0.1) is 0 Å². The van der Waals surface area contributed by atoms with E-state index >= 15 is 0 Å². The lowest BCUT2D eigenvalue weighted by Crippen LogP contribution is -2.24. The van der Waals surface area contributed by atoms with Gasteiger partial charge in [0.2, 0.25) is 0 Å². The normalized spacial score (nSPS) is 10.4. The van der Waals surface area contributed by atoms with Crippen LogP contribution in [0.3, 0.4) is 0 Å². The monoisotopic (exact) mass is 305 g/mol. The Kier molecular flexibility index (Phi) is 5.27. The minimum absolute atomic E-state index is 0.260. The fourth-order valence-corrected chi connectivity index (χ4v) is 2.40. The van der Waals surface area contributed by atoms with Gasteiger partial charge in [-0.05, 0) is 36.4 Å². The average Bonchev–Trinajstić information content (AvgIpc) is 2.44. The van der Waals surface area contributed by atoms with Crippen LogP contribution in [-0.4, -0.2) is 21.6 Å². The number of nitrogens with one attached hydrogen (secondary N) is 1. The Balaban J connectivity index is 2.06. The predicted molar refractivity (Wildman–Crippen MR) is 80.7 cm³/mol. The first-order valence-electron chi connectivity index (χ1n) is 6.59. The van der Waals surface area contributed by atoms with Crippen LogP contribution in [0.4, 0.5) is 4.39 Å². The molecule has 0 radical (unpaired) electrons. The van der Waals surface area contributed by atoms with Crippen LogP contribution in [-0.2, 0) is 6.54 Å². The smallest absolute Gasteiger partial charge is 0.270 e. The second-order valence-electron chi connectivity index (χ2n) is 4.42. The van der Waals surface area contributed by atoms with Crippen molar-refractivity contribution in [2.24, 2.45) is 0 Å². The summed E-state index contributed by atoms with van der Waals surface area (Å²) in [6.45, 7) is 4.08. The third-order valence-corrected chi connectivity index (χ3v) is 3.41. The number of amides is 1. The summed E-state index contributed by atoms with van der Waals surface area (Å²) >= 11 is 1.49. The van der Waals surface area contributed by atoms with Crippen LogP contribution in [0.25, 0.3) is 0 Å². The Hall–Kier alpha value is -1.95. The fourth-order valence-electron chi connectivity index (χ4n) is 1.77. The summed E-state index contributed by atoms with van der Waals surface area (Å²) < 4.78 is 13.1. The van der Waals surface area contributed by atoms with E-state index in [0.717, 1.165) is 11.4 Å². The Morgan fingerprint density at radius 3 is 2.86 bits per heavy atom. The molecule has 0 aliphatic rings. The maximum atomic E-state index is 13.1. The first-order chi connectivity index (χ1) is 10.1. The van der Waals surface area contributed by atoms with E-state index in [1.807, 2.05) is 13.8 Å². The van der Waals surface area contributed by atoms with Crippen molar-refractivity contribution >= 4 is 17.7 Å². The third kappa shape index (κ3) is 4.53. The summed E-state index contributed by atoms with van der Waals surface area (Å²) in [6, 6.07) is 7.77. The van der Waals surface area contributed by atoms with Crippen molar-refractivity contribution in [3.63, 3.8) is 0 Å². The summed E-state index contributed by atoms with van der Waals surface area (Å²) in [7, 11) is 0. The quantitative estimate of drug-likeness (QED) is 0.681. The number of carbonyl (C=O) groups is 1. The molecule has 0 aliphatic carbocycles. The largest absolute Gasteiger partial charge is 0.347 e. The zero-order chi connectivity index (χ0) is 15.2. The van der Waals surface area contributed by atoms with Crippen molar-refractivity contribution in [1.29, 1.82) is 0 Å². The first kappa shape index (κ1) is 15.4.